The van der Waals surface area contributed by atoms with Crippen molar-refractivity contribution in [2.45, 2.75) is 30.7 Å². The molecule has 0 amide bonds. The molecule has 1 aromatic carbocycles. The summed E-state index contributed by atoms with van der Waals surface area (Å²) in [4.78, 5) is 1.97. The van der Waals surface area contributed by atoms with Gasteiger partial charge in [0.1, 0.15) is 5.82 Å². The Morgan fingerprint density at radius 1 is 1.00 bits per heavy atom. The average Bonchev–Trinajstić information content (AvgIpc) is 2.92. The fourth-order valence-corrected chi connectivity index (χ4v) is 8.12. The van der Waals surface area contributed by atoms with Crippen LogP contribution in [0.25, 0.3) is 0 Å². The van der Waals surface area contributed by atoms with E-state index in [1.54, 1.807) is 12.1 Å². The molecule has 3 aliphatic heterocycles. The van der Waals surface area contributed by atoms with Gasteiger partial charge in [-0.1, -0.05) is 12.1 Å². The van der Waals surface area contributed by atoms with Crippen LogP contribution in [0.1, 0.15) is 5.56 Å². The highest BCUT2D eigenvalue weighted by Crippen LogP contribution is 2.32. The van der Waals surface area contributed by atoms with Gasteiger partial charge in [-0.2, -0.15) is 0 Å². The Hall–Kier alpha value is -1.03. The van der Waals surface area contributed by atoms with Gasteiger partial charge in [0.2, 0.25) is 0 Å². The molecule has 1 aromatic rings. The first-order chi connectivity index (χ1) is 11.2. The zero-order valence-electron chi connectivity index (χ0n) is 12.9. The molecule has 132 valence electrons. The maximum atomic E-state index is 13.5. The Morgan fingerprint density at radius 3 is 2.12 bits per heavy atom. The second-order valence-electron chi connectivity index (χ2n) is 6.97. The van der Waals surface area contributed by atoms with Gasteiger partial charge in [0.15, 0.2) is 19.7 Å². The first kappa shape index (κ1) is 16.4. The van der Waals surface area contributed by atoms with Gasteiger partial charge < -0.3 is 5.32 Å². The highest BCUT2D eigenvalue weighted by molar-refractivity contribution is 7.92. The molecule has 3 saturated heterocycles. The highest BCUT2D eigenvalue weighted by Gasteiger charge is 2.53. The SMILES string of the molecule is O=S1(=O)C[C@@H]2N[C@@H]3CS(=O)(=O)C[C@@H]3N(Cc3cccc(F)c3)[C@H]2C1. The van der Waals surface area contributed by atoms with Gasteiger partial charge in [-0.3, -0.25) is 4.90 Å². The van der Waals surface area contributed by atoms with E-state index in [1.807, 2.05) is 4.90 Å². The molecule has 0 aromatic heterocycles. The number of halogens is 1. The molecule has 0 spiro atoms. The first-order valence-corrected chi connectivity index (χ1v) is 11.5. The number of nitrogens with one attached hydrogen (secondary N) is 1. The fourth-order valence-electron chi connectivity index (χ4n) is 4.23. The number of hydrogen-bond acceptors (Lipinski definition) is 6. The third kappa shape index (κ3) is 2.98. The van der Waals surface area contributed by atoms with Crippen LogP contribution in [0, 0.1) is 5.82 Å². The number of benzene rings is 1. The summed E-state index contributed by atoms with van der Waals surface area (Å²) in [5.41, 5.74) is 0.725. The average molecular weight is 374 g/mol. The molecule has 0 bridgehead atoms. The number of nitrogens with zero attached hydrogens (tertiary/aromatic N) is 1. The van der Waals surface area contributed by atoms with Gasteiger partial charge in [-0.25, -0.2) is 21.2 Å². The monoisotopic (exact) mass is 374 g/mol. The number of hydrogen-bond donors (Lipinski definition) is 1. The Balaban J connectivity index is 1.69. The second kappa shape index (κ2) is 5.48. The Labute approximate surface area is 140 Å². The minimum Gasteiger partial charge on any atom is -0.306 e. The molecule has 3 fully saturated rings. The molecule has 1 N–H and O–H groups in total. The van der Waals surface area contributed by atoms with E-state index in [9.17, 15) is 21.2 Å². The van der Waals surface area contributed by atoms with Crippen molar-refractivity contribution < 1.29 is 21.2 Å². The number of rotatable bonds is 2. The van der Waals surface area contributed by atoms with Gasteiger partial charge in [-0.15, -0.1) is 0 Å². The maximum absolute atomic E-state index is 13.5. The summed E-state index contributed by atoms with van der Waals surface area (Å²) in [6.45, 7) is 0.354. The Morgan fingerprint density at radius 2 is 1.58 bits per heavy atom. The molecule has 3 aliphatic rings. The molecule has 24 heavy (non-hydrogen) atoms. The first-order valence-electron chi connectivity index (χ1n) is 7.89. The summed E-state index contributed by atoms with van der Waals surface area (Å²) in [5.74, 6) is -0.262. The number of sulfone groups is 2. The van der Waals surface area contributed by atoms with Crippen molar-refractivity contribution in [1.82, 2.24) is 10.2 Å². The molecule has 9 heteroatoms. The molecular weight excluding hydrogens is 355 g/mol. The van der Waals surface area contributed by atoms with Crippen LogP contribution < -0.4 is 5.32 Å². The van der Waals surface area contributed by atoms with E-state index in [4.69, 9.17) is 0 Å². The molecule has 0 saturated carbocycles. The van der Waals surface area contributed by atoms with Gasteiger partial charge in [0.25, 0.3) is 0 Å². The quantitative estimate of drug-likeness (QED) is 0.756. The van der Waals surface area contributed by atoms with Crippen LogP contribution in [0.4, 0.5) is 4.39 Å². The zero-order chi connectivity index (χ0) is 17.1. The molecule has 6 nitrogen and oxygen atoms in total. The van der Waals surface area contributed by atoms with Crippen molar-refractivity contribution in [3.05, 3.63) is 35.6 Å². The van der Waals surface area contributed by atoms with Gasteiger partial charge in [0, 0.05) is 30.7 Å². The molecule has 0 aliphatic carbocycles. The summed E-state index contributed by atoms with van der Waals surface area (Å²) < 4.78 is 61.7. The van der Waals surface area contributed by atoms with Crippen molar-refractivity contribution >= 4 is 19.7 Å². The van der Waals surface area contributed by atoms with Crippen LogP contribution in [-0.2, 0) is 26.2 Å². The van der Waals surface area contributed by atoms with Crippen LogP contribution in [0.15, 0.2) is 24.3 Å². The summed E-state index contributed by atoms with van der Waals surface area (Å²) in [6, 6.07) is 5.09. The van der Waals surface area contributed by atoms with Crippen molar-refractivity contribution in [2.24, 2.45) is 0 Å². The van der Waals surface area contributed by atoms with Gasteiger partial charge >= 0.3 is 0 Å². The lowest BCUT2D eigenvalue weighted by Gasteiger charge is -2.45. The number of piperazine rings is 1. The molecular formula is C15H19FN2O4S2. The predicted octanol–water partition coefficient (Wildman–Crippen LogP) is -0.438. The Kier molecular flexibility index (Phi) is 3.76. The van der Waals surface area contributed by atoms with Crippen molar-refractivity contribution in [3.63, 3.8) is 0 Å². The highest BCUT2D eigenvalue weighted by atomic mass is 32.2. The smallest absolute Gasteiger partial charge is 0.153 e. The zero-order valence-corrected chi connectivity index (χ0v) is 14.6. The normalized spacial score (nSPS) is 37.0. The summed E-state index contributed by atoms with van der Waals surface area (Å²) >= 11 is 0. The lowest BCUT2D eigenvalue weighted by Crippen LogP contribution is -2.66. The van der Waals surface area contributed by atoms with E-state index < -0.39 is 19.7 Å². The number of fused-ring (bicyclic) bond motifs is 2. The molecule has 0 radical (unpaired) electrons. The predicted molar refractivity (Wildman–Crippen MR) is 87.5 cm³/mol. The van der Waals surface area contributed by atoms with Crippen molar-refractivity contribution in [2.75, 3.05) is 23.0 Å². The third-order valence-corrected chi connectivity index (χ3v) is 8.61. The molecule has 0 unspecified atom stereocenters. The van der Waals surface area contributed by atoms with Crippen LogP contribution in [0.3, 0.4) is 0 Å². The minimum atomic E-state index is -3.15. The second-order valence-corrected chi connectivity index (χ2v) is 11.3. The lowest BCUT2D eigenvalue weighted by atomic mass is 9.96. The van der Waals surface area contributed by atoms with E-state index in [0.29, 0.717) is 6.54 Å². The van der Waals surface area contributed by atoms with E-state index in [2.05, 4.69) is 5.32 Å². The van der Waals surface area contributed by atoms with E-state index in [0.717, 1.165) is 5.56 Å². The molecule has 4 atom stereocenters. The van der Waals surface area contributed by atoms with Crippen molar-refractivity contribution in [1.29, 1.82) is 0 Å². The largest absolute Gasteiger partial charge is 0.306 e. The van der Waals surface area contributed by atoms with Gasteiger partial charge in [0.05, 0.1) is 23.0 Å². The summed E-state index contributed by atoms with van der Waals surface area (Å²) in [7, 11) is -6.30. The topological polar surface area (TPSA) is 83.5 Å². The van der Waals surface area contributed by atoms with Crippen LogP contribution >= 0.6 is 0 Å². The summed E-state index contributed by atoms with van der Waals surface area (Å²) in [5, 5.41) is 3.24. The summed E-state index contributed by atoms with van der Waals surface area (Å²) in [6.07, 6.45) is 0. The minimum absolute atomic E-state index is 0.0171. The standard InChI is InChI=1S/C15H19FN2O4S2/c16-11-3-1-2-10(4-11)5-18-14-8-23(19,20)6-12(14)17-13-7-24(21,22)9-15(13)18/h1-4,12-15,17H,5-9H2/t12-,13+,14-,15-/m0/s1. The van der Waals surface area contributed by atoms with E-state index >= 15 is 0 Å². The molecule has 3 heterocycles. The molecule has 4 rings (SSSR count). The van der Waals surface area contributed by atoms with Crippen LogP contribution in [-0.4, -0.2) is 68.9 Å². The van der Waals surface area contributed by atoms with E-state index in [-0.39, 0.29) is 53.0 Å². The lowest BCUT2D eigenvalue weighted by molar-refractivity contribution is 0.0677. The van der Waals surface area contributed by atoms with E-state index in [1.165, 1.54) is 12.1 Å². The van der Waals surface area contributed by atoms with Crippen molar-refractivity contribution in [3.8, 4) is 0 Å². The fraction of sp³-hybridized carbons (Fsp3) is 0.600. The van der Waals surface area contributed by atoms with Crippen LogP contribution in [0.5, 0.6) is 0 Å². The Bertz CT molecular complexity index is 823. The maximum Gasteiger partial charge on any atom is 0.153 e. The van der Waals surface area contributed by atoms with Gasteiger partial charge in [-0.05, 0) is 17.7 Å². The third-order valence-electron chi connectivity index (χ3n) is 5.18. The van der Waals surface area contributed by atoms with Crippen LogP contribution in [0.2, 0.25) is 0 Å².